The van der Waals surface area contributed by atoms with E-state index < -0.39 is 72.1 Å². The topological polar surface area (TPSA) is 65.0 Å². The van der Waals surface area contributed by atoms with Gasteiger partial charge in [0.15, 0.2) is 6.29 Å². The van der Waals surface area contributed by atoms with Crippen molar-refractivity contribution in [3.05, 3.63) is 34.9 Å². The van der Waals surface area contributed by atoms with E-state index in [0.717, 1.165) is 0 Å². The van der Waals surface area contributed by atoms with Crippen molar-refractivity contribution >= 4 is 5.97 Å². The second kappa shape index (κ2) is 10.4. The number of carbonyl (C=O) groups excluding carboxylic acids is 1. The summed E-state index contributed by atoms with van der Waals surface area (Å²) in [7, 11) is 0. The van der Waals surface area contributed by atoms with Crippen molar-refractivity contribution in [1.82, 2.24) is 0 Å². The first-order valence-corrected chi connectivity index (χ1v) is 10.1. The highest BCUT2D eigenvalue weighted by Crippen LogP contribution is 2.43. The lowest BCUT2D eigenvalue weighted by Gasteiger charge is -2.40. The Balaban J connectivity index is 2.40. The molecule has 11 heteroatoms. The third kappa shape index (κ3) is 6.82. The predicted molar refractivity (Wildman–Crippen MR) is 100 cm³/mol. The molecule has 1 fully saturated rings. The van der Waals surface area contributed by atoms with E-state index in [0.29, 0.717) is 24.6 Å². The molecule has 0 spiro atoms. The molecule has 1 saturated heterocycles. The molecule has 5 atom stereocenters. The average molecular weight is 472 g/mol. The number of aliphatic hydroxyl groups excluding tert-OH is 1. The molecule has 2 rings (SSSR count). The van der Waals surface area contributed by atoms with Crippen LogP contribution in [0.5, 0.6) is 0 Å². The fourth-order valence-corrected chi connectivity index (χ4v) is 3.74. The Bertz CT molecular complexity index is 779. The number of carbonyl (C=O) groups is 1. The first kappa shape index (κ1) is 26.4. The maximum Gasteiger partial charge on any atom is 0.416 e. The summed E-state index contributed by atoms with van der Waals surface area (Å²) in [6.45, 7) is 4.10. The molecule has 0 aliphatic carbocycles. The van der Waals surface area contributed by atoms with Crippen LogP contribution in [0.25, 0.3) is 0 Å². The molecule has 5 nitrogen and oxygen atoms in total. The van der Waals surface area contributed by atoms with E-state index in [9.17, 15) is 36.2 Å². The number of alkyl halides is 6. The summed E-state index contributed by atoms with van der Waals surface area (Å²) in [6.07, 6.45) is -12.8. The monoisotopic (exact) mass is 472 g/mol. The Kier molecular flexibility index (Phi) is 8.57. The van der Waals surface area contributed by atoms with Crippen molar-refractivity contribution in [1.29, 1.82) is 0 Å². The summed E-state index contributed by atoms with van der Waals surface area (Å²) >= 11 is 0. The van der Waals surface area contributed by atoms with Crippen molar-refractivity contribution in [2.75, 3.05) is 6.61 Å². The van der Waals surface area contributed by atoms with Crippen LogP contribution in [0.3, 0.4) is 0 Å². The minimum Gasteiger partial charge on any atom is -0.463 e. The van der Waals surface area contributed by atoms with Crippen LogP contribution in [0.1, 0.15) is 63.0 Å². The SMILES string of the molecule is CCC1CC(C(CO)CC(C)OC(C)=O)OC(c2cc(C(F)(F)F)ccc2C(F)(F)F)O1. The molecule has 182 valence electrons. The molecule has 1 aromatic rings. The molecule has 1 aromatic carbocycles. The van der Waals surface area contributed by atoms with E-state index in [-0.39, 0.29) is 12.8 Å². The largest absolute Gasteiger partial charge is 0.463 e. The van der Waals surface area contributed by atoms with Crippen LogP contribution >= 0.6 is 0 Å². The minimum atomic E-state index is -4.93. The average Bonchev–Trinajstić information content (AvgIpc) is 2.69. The van der Waals surface area contributed by atoms with Gasteiger partial charge < -0.3 is 19.3 Å². The van der Waals surface area contributed by atoms with E-state index in [1.165, 1.54) is 6.92 Å². The highest BCUT2D eigenvalue weighted by atomic mass is 19.4. The number of esters is 1. The maximum absolute atomic E-state index is 13.5. The van der Waals surface area contributed by atoms with Crippen LogP contribution in [0.2, 0.25) is 0 Å². The molecule has 0 amide bonds. The Morgan fingerprint density at radius 2 is 1.84 bits per heavy atom. The number of hydrogen-bond acceptors (Lipinski definition) is 5. The number of benzene rings is 1. The van der Waals surface area contributed by atoms with Gasteiger partial charge in [-0.15, -0.1) is 0 Å². The molecule has 1 heterocycles. The molecular formula is C21H26F6O5. The van der Waals surface area contributed by atoms with Crippen LogP contribution in [0.15, 0.2) is 18.2 Å². The molecule has 5 unspecified atom stereocenters. The van der Waals surface area contributed by atoms with Crippen molar-refractivity contribution in [2.24, 2.45) is 5.92 Å². The van der Waals surface area contributed by atoms with Crippen molar-refractivity contribution in [3.63, 3.8) is 0 Å². The highest BCUT2D eigenvalue weighted by Gasteiger charge is 2.42. The molecule has 0 aromatic heterocycles. The van der Waals surface area contributed by atoms with Crippen molar-refractivity contribution in [3.8, 4) is 0 Å². The summed E-state index contributed by atoms with van der Waals surface area (Å²) in [5.41, 5.74) is -3.33. The molecule has 32 heavy (non-hydrogen) atoms. The van der Waals surface area contributed by atoms with Crippen molar-refractivity contribution in [2.45, 2.75) is 77.0 Å². The van der Waals surface area contributed by atoms with Gasteiger partial charge in [0.2, 0.25) is 0 Å². The highest BCUT2D eigenvalue weighted by molar-refractivity contribution is 5.66. The van der Waals surface area contributed by atoms with Gasteiger partial charge in [-0.3, -0.25) is 4.79 Å². The Morgan fingerprint density at radius 3 is 2.34 bits per heavy atom. The number of halogens is 6. The molecule has 1 aliphatic rings. The van der Waals surface area contributed by atoms with E-state index >= 15 is 0 Å². The van der Waals surface area contributed by atoms with Gasteiger partial charge >= 0.3 is 18.3 Å². The predicted octanol–water partition coefficient (Wildman–Crippen LogP) is 5.26. The van der Waals surface area contributed by atoms with Crippen LogP contribution in [0.4, 0.5) is 26.3 Å². The van der Waals surface area contributed by atoms with Gasteiger partial charge in [-0.1, -0.05) is 6.92 Å². The van der Waals surface area contributed by atoms with Crippen LogP contribution in [-0.2, 0) is 31.4 Å². The number of aliphatic hydroxyl groups is 1. The Morgan fingerprint density at radius 1 is 1.19 bits per heavy atom. The molecule has 0 saturated carbocycles. The summed E-state index contributed by atoms with van der Waals surface area (Å²) in [5, 5.41) is 9.82. The third-order valence-electron chi connectivity index (χ3n) is 5.27. The summed E-state index contributed by atoms with van der Waals surface area (Å²) < 4.78 is 96.4. The first-order valence-electron chi connectivity index (χ1n) is 10.1. The van der Waals surface area contributed by atoms with Crippen LogP contribution < -0.4 is 0 Å². The van der Waals surface area contributed by atoms with Gasteiger partial charge in [0, 0.05) is 31.4 Å². The van der Waals surface area contributed by atoms with E-state index in [1.54, 1.807) is 13.8 Å². The van der Waals surface area contributed by atoms with Gasteiger partial charge in [-0.2, -0.15) is 26.3 Å². The lowest BCUT2D eigenvalue weighted by atomic mass is 9.90. The lowest BCUT2D eigenvalue weighted by molar-refractivity contribution is -0.264. The van der Waals surface area contributed by atoms with Gasteiger partial charge in [0.25, 0.3) is 0 Å². The standard InChI is InChI=1S/C21H26F6O5/c1-4-15-9-18(13(10-28)7-11(2)30-12(3)29)32-19(31-15)16-8-14(20(22,23)24)5-6-17(16)21(25,26)27/h5-6,8,11,13,15,18-19,28H,4,7,9-10H2,1-3H3. The summed E-state index contributed by atoms with van der Waals surface area (Å²) in [5.74, 6) is -1.17. The maximum atomic E-state index is 13.5. The zero-order valence-electron chi connectivity index (χ0n) is 17.8. The fourth-order valence-electron chi connectivity index (χ4n) is 3.74. The summed E-state index contributed by atoms with van der Waals surface area (Å²) in [6, 6.07) is 1.11. The van der Waals surface area contributed by atoms with E-state index in [2.05, 4.69) is 0 Å². The van der Waals surface area contributed by atoms with Gasteiger partial charge in [-0.05, 0) is 38.0 Å². The fraction of sp³-hybridized carbons (Fsp3) is 0.667. The molecule has 0 bridgehead atoms. The lowest BCUT2D eigenvalue weighted by Crippen LogP contribution is -2.41. The van der Waals surface area contributed by atoms with Gasteiger partial charge in [0.05, 0.1) is 29.4 Å². The Labute approximate surface area is 181 Å². The second-order valence-electron chi connectivity index (χ2n) is 7.80. The zero-order valence-corrected chi connectivity index (χ0v) is 17.8. The molecular weight excluding hydrogens is 446 g/mol. The number of hydrogen-bond donors (Lipinski definition) is 1. The quantitative estimate of drug-likeness (QED) is 0.434. The molecule has 0 radical (unpaired) electrons. The van der Waals surface area contributed by atoms with Crippen LogP contribution in [-0.4, -0.2) is 36.0 Å². The van der Waals surface area contributed by atoms with Crippen molar-refractivity contribution < 1.29 is 50.5 Å². The molecule has 1 aliphatic heterocycles. The second-order valence-corrected chi connectivity index (χ2v) is 7.80. The number of rotatable bonds is 7. The third-order valence-corrected chi connectivity index (χ3v) is 5.27. The van der Waals surface area contributed by atoms with Gasteiger partial charge in [0.1, 0.15) is 0 Å². The smallest absolute Gasteiger partial charge is 0.416 e. The molecule has 1 N–H and O–H groups in total. The van der Waals surface area contributed by atoms with Crippen LogP contribution in [0, 0.1) is 5.92 Å². The first-order chi connectivity index (χ1) is 14.8. The minimum absolute atomic E-state index is 0.151. The zero-order chi connectivity index (χ0) is 24.3. The normalized spacial score (nSPS) is 24.1. The number of ether oxygens (including phenoxy) is 3. The summed E-state index contributed by atoms with van der Waals surface area (Å²) in [4.78, 5) is 11.1. The van der Waals surface area contributed by atoms with E-state index in [1.807, 2.05) is 0 Å². The van der Waals surface area contributed by atoms with E-state index in [4.69, 9.17) is 14.2 Å². The van der Waals surface area contributed by atoms with Gasteiger partial charge in [-0.25, -0.2) is 0 Å². The Hall–Kier alpha value is -1.85.